The van der Waals surface area contributed by atoms with E-state index in [1.54, 1.807) is 24.3 Å². The minimum atomic E-state index is -0.750. The van der Waals surface area contributed by atoms with Crippen LogP contribution in [-0.2, 0) is 0 Å². The van der Waals surface area contributed by atoms with Gasteiger partial charge in [-0.15, -0.1) is 0 Å². The van der Waals surface area contributed by atoms with E-state index in [-0.39, 0.29) is 5.69 Å². The number of nitro groups is 1. The van der Waals surface area contributed by atoms with Crippen molar-refractivity contribution in [3.8, 4) is 0 Å². The van der Waals surface area contributed by atoms with E-state index in [0.717, 1.165) is 18.2 Å². The molecule has 0 bridgehead atoms. The van der Waals surface area contributed by atoms with Crippen LogP contribution in [0.3, 0.4) is 0 Å². The van der Waals surface area contributed by atoms with Gasteiger partial charge in [0.15, 0.2) is 0 Å². The second-order valence-corrected chi connectivity index (χ2v) is 4.80. The van der Waals surface area contributed by atoms with Crippen molar-refractivity contribution in [1.29, 1.82) is 0 Å². The largest absolute Gasteiger partial charge is 0.316 e. The Kier molecular flexibility index (Phi) is 4.09. The Balaban J connectivity index is 2.30. The number of nitrogens with one attached hydrogen (secondary N) is 1. The van der Waals surface area contributed by atoms with E-state index >= 15 is 0 Å². The molecule has 0 aliphatic carbocycles. The second-order valence-electron chi connectivity index (χ2n) is 3.88. The van der Waals surface area contributed by atoms with Crippen molar-refractivity contribution >= 4 is 33.2 Å². The summed E-state index contributed by atoms with van der Waals surface area (Å²) in [6, 6.07) is 9.51. The van der Waals surface area contributed by atoms with Crippen LogP contribution in [0.5, 0.6) is 0 Å². The molecule has 0 aromatic heterocycles. The van der Waals surface area contributed by atoms with Crippen LogP contribution >= 0.6 is 15.9 Å². The standard InChI is InChI=1S/C13H8BrFN2O3/c14-9-3-1-2-8(6-9)13(18)16-11-5-4-10(15)7-12(11)17(19)20/h1-7H,(H,16,18). The first-order chi connectivity index (χ1) is 9.47. The van der Waals surface area contributed by atoms with Gasteiger partial charge >= 0.3 is 0 Å². The summed E-state index contributed by atoms with van der Waals surface area (Å²) in [6.07, 6.45) is 0. The molecule has 102 valence electrons. The maximum Gasteiger partial charge on any atom is 0.295 e. The van der Waals surface area contributed by atoms with E-state index < -0.39 is 22.3 Å². The van der Waals surface area contributed by atoms with Crippen molar-refractivity contribution in [2.24, 2.45) is 0 Å². The van der Waals surface area contributed by atoms with E-state index in [4.69, 9.17) is 0 Å². The van der Waals surface area contributed by atoms with Gasteiger partial charge in [-0.05, 0) is 30.3 Å². The minimum absolute atomic E-state index is 0.0543. The third-order valence-electron chi connectivity index (χ3n) is 2.49. The number of carbonyl (C=O) groups excluding carboxylic acids is 1. The van der Waals surface area contributed by atoms with Crippen LogP contribution in [0.15, 0.2) is 46.9 Å². The van der Waals surface area contributed by atoms with Crippen molar-refractivity contribution in [3.05, 3.63) is 68.4 Å². The lowest BCUT2D eigenvalue weighted by atomic mass is 10.2. The molecule has 0 atom stereocenters. The summed E-state index contributed by atoms with van der Waals surface area (Å²) in [6.45, 7) is 0. The smallest absolute Gasteiger partial charge is 0.295 e. The van der Waals surface area contributed by atoms with Crippen LogP contribution in [-0.4, -0.2) is 10.8 Å². The minimum Gasteiger partial charge on any atom is -0.316 e. The SMILES string of the molecule is O=C(Nc1ccc(F)cc1[N+](=O)[O-])c1cccc(Br)c1. The maximum absolute atomic E-state index is 13.0. The summed E-state index contributed by atoms with van der Waals surface area (Å²) in [5.74, 6) is -1.25. The lowest BCUT2D eigenvalue weighted by Gasteiger charge is -2.06. The first-order valence-electron chi connectivity index (χ1n) is 5.48. The number of hydrogen-bond donors (Lipinski definition) is 1. The fourth-order valence-electron chi connectivity index (χ4n) is 1.59. The second kappa shape index (κ2) is 5.79. The van der Waals surface area contributed by atoms with Crippen LogP contribution in [0.4, 0.5) is 15.8 Å². The molecule has 7 heteroatoms. The third kappa shape index (κ3) is 3.18. The summed E-state index contributed by atoms with van der Waals surface area (Å²) < 4.78 is 13.7. The monoisotopic (exact) mass is 338 g/mol. The summed E-state index contributed by atoms with van der Waals surface area (Å²) >= 11 is 3.23. The summed E-state index contributed by atoms with van der Waals surface area (Å²) in [5, 5.41) is 13.2. The molecule has 1 N–H and O–H groups in total. The quantitative estimate of drug-likeness (QED) is 0.684. The zero-order valence-electron chi connectivity index (χ0n) is 9.97. The molecule has 0 saturated carbocycles. The Hall–Kier alpha value is -2.28. The molecule has 0 aliphatic heterocycles. The van der Waals surface area contributed by atoms with E-state index in [1.165, 1.54) is 0 Å². The Bertz CT molecular complexity index is 691. The highest BCUT2D eigenvalue weighted by Crippen LogP contribution is 2.25. The zero-order chi connectivity index (χ0) is 14.7. The predicted molar refractivity (Wildman–Crippen MR) is 75.1 cm³/mol. The average molecular weight is 339 g/mol. The number of nitro benzene ring substituents is 1. The van der Waals surface area contributed by atoms with Gasteiger partial charge in [0.05, 0.1) is 11.0 Å². The Labute approximate surface area is 121 Å². The first kappa shape index (κ1) is 14.1. The molecule has 2 aromatic rings. The van der Waals surface area contributed by atoms with Gasteiger partial charge in [0, 0.05) is 10.0 Å². The van der Waals surface area contributed by atoms with Gasteiger partial charge in [-0.1, -0.05) is 22.0 Å². The molecule has 0 aliphatic rings. The Morgan fingerprint density at radius 2 is 2.00 bits per heavy atom. The van der Waals surface area contributed by atoms with Crippen LogP contribution in [0.25, 0.3) is 0 Å². The number of carbonyl (C=O) groups is 1. The van der Waals surface area contributed by atoms with Crippen molar-refractivity contribution in [3.63, 3.8) is 0 Å². The van der Waals surface area contributed by atoms with E-state index in [1.807, 2.05) is 0 Å². The van der Waals surface area contributed by atoms with Crippen LogP contribution in [0, 0.1) is 15.9 Å². The first-order valence-corrected chi connectivity index (χ1v) is 6.27. The lowest BCUT2D eigenvalue weighted by Crippen LogP contribution is -2.13. The maximum atomic E-state index is 13.0. The van der Waals surface area contributed by atoms with Crippen molar-refractivity contribution in [1.82, 2.24) is 0 Å². The van der Waals surface area contributed by atoms with Gasteiger partial charge in [0.2, 0.25) is 0 Å². The van der Waals surface area contributed by atoms with Gasteiger partial charge in [0.1, 0.15) is 11.5 Å². The number of anilines is 1. The fourth-order valence-corrected chi connectivity index (χ4v) is 1.98. The number of halogens is 2. The van der Waals surface area contributed by atoms with Gasteiger partial charge < -0.3 is 5.32 Å². The number of rotatable bonds is 3. The molecule has 2 aromatic carbocycles. The number of benzene rings is 2. The molecular formula is C13H8BrFN2O3. The highest BCUT2D eigenvalue weighted by atomic mass is 79.9. The molecule has 0 unspecified atom stereocenters. The molecule has 0 fully saturated rings. The predicted octanol–water partition coefficient (Wildman–Crippen LogP) is 3.75. The molecular weight excluding hydrogens is 331 g/mol. The Morgan fingerprint density at radius 1 is 1.25 bits per heavy atom. The highest BCUT2D eigenvalue weighted by Gasteiger charge is 2.17. The van der Waals surface area contributed by atoms with E-state index in [9.17, 15) is 19.3 Å². The lowest BCUT2D eigenvalue weighted by molar-refractivity contribution is -0.384. The fraction of sp³-hybridized carbons (Fsp3) is 0. The van der Waals surface area contributed by atoms with Crippen LogP contribution in [0.2, 0.25) is 0 Å². The molecule has 0 saturated heterocycles. The summed E-state index contributed by atoms with van der Waals surface area (Å²) in [7, 11) is 0. The topological polar surface area (TPSA) is 72.2 Å². The molecule has 2 rings (SSSR count). The van der Waals surface area contributed by atoms with E-state index in [2.05, 4.69) is 21.2 Å². The molecule has 5 nitrogen and oxygen atoms in total. The van der Waals surface area contributed by atoms with Crippen LogP contribution in [0.1, 0.15) is 10.4 Å². The van der Waals surface area contributed by atoms with Crippen molar-refractivity contribution < 1.29 is 14.1 Å². The normalized spacial score (nSPS) is 10.1. The van der Waals surface area contributed by atoms with E-state index in [0.29, 0.717) is 10.0 Å². The average Bonchev–Trinajstić information content (AvgIpc) is 2.40. The van der Waals surface area contributed by atoms with Crippen molar-refractivity contribution in [2.45, 2.75) is 0 Å². The Morgan fingerprint density at radius 3 is 2.65 bits per heavy atom. The molecule has 20 heavy (non-hydrogen) atoms. The van der Waals surface area contributed by atoms with Gasteiger partial charge in [-0.3, -0.25) is 14.9 Å². The summed E-state index contributed by atoms with van der Waals surface area (Å²) in [4.78, 5) is 22.1. The van der Waals surface area contributed by atoms with Gasteiger partial charge in [0.25, 0.3) is 11.6 Å². The zero-order valence-corrected chi connectivity index (χ0v) is 11.6. The van der Waals surface area contributed by atoms with Gasteiger partial charge in [-0.25, -0.2) is 4.39 Å². The number of nitrogens with zero attached hydrogens (tertiary/aromatic N) is 1. The molecule has 0 spiro atoms. The molecule has 0 heterocycles. The number of amides is 1. The summed E-state index contributed by atoms with van der Waals surface area (Å²) in [5.41, 5.74) is -0.215. The van der Waals surface area contributed by atoms with Crippen LogP contribution < -0.4 is 5.32 Å². The number of hydrogen-bond acceptors (Lipinski definition) is 3. The van der Waals surface area contributed by atoms with Gasteiger partial charge in [-0.2, -0.15) is 0 Å². The highest BCUT2D eigenvalue weighted by molar-refractivity contribution is 9.10. The van der Waals surface area contributed by atoms with Crippen molar-refractivity contribution in [2.75, 3.05) is 5.32 Å². The molecule has 0 radical (unpaired) electrons. The third-order valence-corrected chi connectivity index (χ3v) is 2.98. The molecule has 1 amide bonds.